The molecule has 3 heterocycles. The maximum absolute atomic E-state index is 14.8. The number of nitrogens with one attached hydrogen (secondary N) is 2. The molecular formula is C22H24BF2N7O2. The first-order valence-electron chi connectivity index (χ1n) is 10.8. The highest BCUT2D eigenvalue weighted by atomic mass is 19.1. The molecule has 0 bridgehead atoms. The first kappa shape index (κ1) is 23.5. The summed E-state index contributed by atoms with van der Waals surface area (Å²) in [4.78, 5) is 27.3. The number of anilines is 3. The van der Waals surface area contributed by atoms with Crippen molar-refractivity contribution in [1.29, 1.82) is 0 Å². The van der Waals surface area contributed by atoms with Crippen LogP contribution in [0.3, 0.4) is 0 Å². The molecule has 4 N–H and O–H groups in total. The van der Waals surface area contributed by atoms with Crippen molar-refractivity contribution < 1.29 is 18.3 Å². The summed E-state index contributed by atoms with van der Waals surface area (Å²) >= 11 is 0. The van der Waals surface area contributed by atoms with E-state index in [0.29, 0.717) is 50.5 Å². The van der Waals surface area contributed by atoms with Gasteiger partial charge in [-0.05, 0) is 36.7 Å². The molecule has 0 saturated carbocycles. The molecule has 0 aliphatic carbocycles. The summed E-state index contributed by atoms with van der Waals surface area (Å²) in [7, 11) is 1.76. The van der Waals surface area contributed by atoms with Crippen LogP contribution >= 0.6 is 0 Å². The number of rotatable bonds is 7. The lowest BCUT2D eigenvalue weighted by Crippen LogP contribution is -2.36. The molecule has 1 aliphatic heterocycles. The number of nitrogen functional groups attached to an aromatic ring is 1. The number of nitrogens with zero attached hydrogens (tertiary/aromatic N) is 4. The number of hydrogen-bond donors (Lipinski definition) is 3. The van der Waals surface area contributed by atoms with E-state index in [1.807, 2.05) is 0 Å². The molecule has 12 heteroatoms. The van der Waals surface area contributed by atoms with Crippen molar-refractivity contribution in [3.8, 4) is 11.3 Å². The molecule has 1 aliphatic rings. The highest BCUT2D eigenvalue weighted by Gasteiger charge is 2.22. The van der Waals surface area contributed by atoms with Crippen LogP contribution in [0, 0.1) is 11.6 Å². The molecular weight excluding hydrogens is 443 g/mol. The Hall–Kier alpha value is -3.64. The molecule has 34 heavy (non-hydrogen) atoms. The van der Waals surface area contributed by atoms with E-state index in [2.05, 4.69) is 30.4 Å². The predicted octanol–water partition coefficient (Wildman–Crippen LogP) is 1.17. The fraction of sp³-hybridized carbons (Fsp3) is 0.273. The number of carbonyl (C=O) groups is 1. The predicted molar refractivity (Wildman–Crippen MR) is 127 cm³/mol. The van der Waals surface area contributed by atoms with Crippen molar-refractivity contribution in [2.24, 2.45) is 0 Å². The first-order valence-corrected chi connectivity index (χ1v) is 10.8. The second-order valence-corrected chi connectivity index (χ2v) is 7.72. The van der Waals surface area contributed by atoms with E-state index in [1.165, 1.54) is 18.3 Å². The minimum atomic E-state index is -0.793. The highest BCUT2D eigenvalue weighted by molar-refractivity contribution is 6.07. The molecule has 0 unspecified atom stereocenters. The van der Waals surface area contributed by atoms with Gasteiger partial charge in [-0.1, -0.05) is 0 Å². The monoisotopic (exact) mass is 467 g/mol. The fourth-order valence-electron chi connectivity index (χ4n) is 3.71. The second kappa shape index (κ2) is 10.5. The van der Waals surface area contributed by atoms with Crippen molar-refractivity contribution in [2.45, 2.75) is 6.42 Å². The summed E-state index contributed by atoms with van der Waals surface area (Å²) in [5.41, 5.74) is 6.86. The van der Waals surface area contributed by atoms with Crippen LogP contribution in [0.5, 0.6) is 0 Å². The van der Waals surface area contributed by atoms with Gasteiger partial charge in [-0.2, -0.15) is 0 Å². The van der Waals surface area contributed by atoms with Gasteiger partial charge in [0.05, 0.1) is 48.2 Å². The van der Waals surface area contributed by atoms with Crippen LogP contribution in [-0.4, -0.2) is 61.7 Å². The Labute approximate surface area is 196 Å². The summed E-state index contributed by atoms with van der Waals surface area (Å²) < 4.78 is 34.9. The number of aromatic nitrogens is 3. The van der Waals surface area contributed by atoms with Gasteiger partial charge in [0.15, 0.2) is 19.5 Å². The van der Waals surface area contributed by atoms with Gasteiger partial charge >= 0.3 is 0 Å². The van der Waals surface area contributed by atoms with E-state index in [4.69, 9.17) is 10.5 Å². The Balaban J connectivity index is 1.62. The van der Waals surface area contributed by atoms with E-state index in [1.54, 1.807) is 20.2 Å². The molecule has 3 aromatic rings. The number of halogens is 2. The smallest absolute Gasteiger partial charge is 0.278 e. The Bertz CT molecular complexity index is 1170. The standard InChI is InChI=1S/C22H24BF2N7O2/c23-29-4-1-13-9-14(24)19(15(25)10-13)17-12-28-21(26)20(30-17)22(33)31-16-11-27-3-2-18(16)32-5-7-34-8-6-32/h2-3,9-12,29H,1,4-8,23H2,(H2,26,28)(H,31,33). The zero-order valence-corrected chi connectivity index (χ0v) is 18.6. The Morgan fingerprint density at radius 2 is 1.94 bits per heavy atom. The number of carbonyl (C=O) groups excluding carboxylic acids is 1. The van der Waals surface area contributed by atoms with Crippen LogP contribution < -0.4 is 21.2 Å². The third-order valence-corrected chi connectivity index (χ3v) is 5.44. The molecule has 1 amide bonds. The zero-order valence-electron chi connectivity index (χ0n) is 18.6. The molecule has 1 saturated heterocycles. The summed E-state index contributed by atoms with van der Waals surface area (Å²) in [6.07, 6.45) is 4.74. The molecule has 0 atom stereocenters. The van der Waals surface area contributed by atoms with Crippen LogP contribution in [0.2, 0.25) is 0 Å². The van der Waals surface area contributed by atoms with Crippen LogP contribution in [0.25, 0.3) is 11.3 Å². The largest absolute Gasteiger partial charge is 0.382 e. The third-order valence-electron chi connectivity index (χ3n) is 5.44. The van der Waals surface area contributed by atoms with Gasteiger partial charge in [0.1, 0.15) is 11.6 Å². The topological polar surface area (TPSA) is 118 Å². The second-order valence-electron chi connectivity index (χ2n) is 7.72. The molecule has 0 spiro atoms. The quantitative estimate of drug-likeness (QED) is 0.444. The lowest BCUT2D eigenvalue weighted by atomic mass is 10.0. The third kappa shape index (κ3) is 5.13. The Morgan fingerprint density at radius 1 is 1.21 bits per heavy atom. The summed E-state index contributed by atoms with van der Waals surface area (Å²) in [5.74, 6) is -2.41. The van der Waals surface area contributed by atoms with Gasteiger partial charge in [0, 0.05) is 19.3 Å². The maximum Gasteiger partial charge on any atom is 0.278 e. The number of benzene rings is 1. The van der Waals surface area contributed by atoms with Crippen molar-refractivity contribution in [3.05, 3.63) is 59.7 Å². The van der Waals surface area contributed by atoms with Gasteiger partial charge in [-0.15, -0.1) is 0 Å². The van der Waals surface area contributed by atoms with E-state index in [9.17, 15) is 13.6 Å². The van der Waals surface area contributed by atoms with Gasteiger partial charge < -0.3 is 25.9 Å². The van der Waals surface area contributed by atoms with Gasteiger partial charge in [-0.25, -0.2) is 18.7 Å². The lowest BCUT2D eigenvalue weighted by Gasteiger charge is -2.30. The van der Waals surface area contributed by atoms with Gasteiger partial charge in [0.25, 0.3) is 5.91 Å². The van der Waals surface area contributed by atoms with Crippen LogP contribution in [0.15, 0.2) is 36.8 Å². The van der Waals surface area contributed by atoms with Gasteiger partial charge in [-0.3, -0.25) is 9.78 Å². The summed E-state index contributed by atoms with van der Waals surface area (Å²) in [6, 6.07) is 4.28. The Kier molecular flexibility index (Phi) is 7.29. The minimum Gasteiger partial charge on any atom is -0.382 e. The lowest BCUT2D eigenvalue weighted by molar-refractivity contribution is 0.102. The van der Waals surface area contributed by atoms with Gasteiger partial charge in [0.2, 0.25) is 0 Å². The molecule has 0 radical (unpaired) electrons. The molecule has 2 aromatic heterocycles. The molecule has 176 valence electrons. The molecule has 4 rings (SSSR count). The van der Waals surface area contributed by atoms with E-state index in [0.717, 1.165) is 11.9 Å². The number of ether oxygens (including phenoxy) is 1. The average molecular weight is 467 g/mol. The summed E-state index contributed by atoms with van der Waals surface area (Å²) in [5, 5.41) is 5.68. The average Bonchev–Trinajstić information content (AvgIpc) is 2.84. The van der Waals surface area contributed by atoms with E-state index < -0.39 is 17.5 Å². The highest BCUT2D eigenvalue weighted by Crippen LogP contribution is 2.28. The normalized spacial score (nSPS) is 13.6. The minimum absolute atomic E-state index is 0.130. The molecule has 1 aromatic carbocycles. The maximum atomic E-state index is 14.8. The summed E-state index contributed by atoms with van der Waals surface area (Å²) in [6.45, 7) is 3.04. The fourth-order valence-corrected chi connectivity index (χ4v) is 3.71. The zero-order chi connectivity index (χ0) is 24.1. The SMILES string of the molecule is BNCCc1cc(F)c(-c2cnc(N)c(C(=O)Nc3cnccc3N3CCOCC3)n2)c(F)c1. The van der Waals surface area contributed by atoms with Crippen molar-refractivity contribution in [2.75, 3.05) is 48.8 Å². The number of pyridine rings is 1. The van der Waals surface area contributed by atoms with Crippen molar-refractivity contribution in [3.63, 3.8) is 0 Å². The van der Waals surface area contributed by atoms with Crippen LogP contribution in [0.1, 0.15) is 16.1 Å². The molecule has 1 fully saturated rings. The van der Waals surface area contributed by atoms with Crippen molar-refractivity contribution >= 4 is 31.1 Å². The number of hydrogen-bond acceptors (Lipinski definition) is 8. The van der Waals surface area contributed by atoms with E-state index >= 15 is 0 Å². The van der Waals surface area contributed by atoms with E-state index in [-0.39, 0.29) is 22.8 Å². The molecule has 9 nitrogen and oxygen atoms in total. The number of morpholine rings is 1. The van der Waals surface area contributed by atoms with Crippen LogP contribution in [0.4, 0.5) is 26.0 Å². The Morgan fingerprint density at radius 3 is 2.65 bits per heavy atom. The number of amides is 1. The van der Waals surface area contributed by atoms with Crippen LogP contribution in [-0.2, 0) is 11.2 Å². The number of nitrogens with two attached hydrogens (primary N) is 1. The first-order chi connectivity index (χ1) is 16.5. The van der Waals surface area contributed by atoms with Crippen molar-refractivity contribution in [1.82, 2.24) is 20.2 Å².